The first-order chi connectivity index (χ1) is 12.8. The second-order valence-corrected chi connectivity index (χ2v) is 6.89. The van der Waals surface area contributed by atoms with Crippen LogP contribution in [0.4, 0.5) is 5.82 Å². The van der Waals surface area contributed by atoms with Crippen LogP contribution >= 0.6 is 0 Å². The zero-order valence-electron chi connectivity index (χ0n) is 14.9. The van der Waals surface area contributed by atoms with Gasteiger partial charge in [-0.1, -0.05) is 25.0 Å². The highest BCUT2D eigenvalue weighted by molar-refractivity contribution is 5.94. The number of morpholine rings is 1. The molecule has 2 fully saturated rings. The third kappa shape index (κ3) is 3.85. The van der Waals surface area contributed by atoms with E-state index in [1.807, 2.05) is 30.3 Å². The fraction of sp³-hybridized carbons (Fsp3) is 0.450. The van der Waals surface area contributed by atoms with Crippen molar-refractivity contribution in [1.82, 2.24) is 15.3 Å². The molecule has 6 nitrogen and oxygen atoms in total. The minimum Gasteiger partial charge on any atom is -0.378 e. The van der Waals surface area contributed by atoms with Gasteiger partial charge in [0.25, 0.3) is 5.91 Å². The van der Waals surface area contributed by atoms with Crippen LogP contribution in [0.1, 0.15) is 36.0 Å². The van der Waals surface area contributed by atoms with Crippen LogP contribution in [-0.4, -0.2) is 48.2 Å². The number of carbonyl (C=O) groups excluding carboxylic acids is 1. The average Bonchev–Trinajstić information content (AvgIpc) is 3.22. The van der Waals surface area contributed by atoms with Gasteiger partial charge in [-0.3, -0.25) is 4.79 Å². The molecule has 0 unspecified atom stereocenters. The van der Waals surface area contributed by atoms with Gasteiger partial charge in [-0.05, 0) is 25.0 Å². The van der Waals surface area contributed by atoms with Gasteiger partial charge in [0.2, 0.25) is 0 Å². The smallest absolute Gasteiger partial charge is 0.251 e. The summed E-state index contributed by atoms with van der Waals surface area (Å²) in [4.78, 5) is 23.3. The summed E-state index contributed by atoms with van der Waals surface area (Å²) in [5, 5.41) is 3.12. The predicted molar refractivity (Wildman–Crippen MR) is 100 cm³/mol. The number of nitrogens with zero attached hydrogens (tertiary/aromatic N) is 3. The molecule has 1 aromatic carbocycles. The second-order valence-electron chi connectivity index (χ2n) is 6.89. The highest BCUT2D eigenvalue weighted by Crippen LogP contribution is 2.22. The summed E-state index contributed by atoms with van der Waals surface area (Å²) in [6.07, 6.45) is 6.21. The van der Waals surface area contributed by atoms with E-state index in [1.165, 1.54) is 12.8 Å². The van der Waals surface area contributed by atoms with Crippen LogP contribution in [0.15, 0.2) is 36.7 Å². The molecular formula is C20H24N4O2. The number of rotatable bonds is 4. The third-order valence-electron chi connectivity index (χ3n) is 5.12. The number of carbonyl (C=O) groups is 1. The van der Waals surface area contributed by atoms with Gasteiger partial charge in [0.1, 0.15) is 12.1 Å². The molecule has 26 heavy (non-hydrogen) atoms. The fourth-order valence-electron chi connectivity index (χ4n) is 3.60. The van der Waals surface area contributed by atoms with Gasteiger partial charge < -0.3 is 15.0 Å². The van der Waals surface area contributed by atoms with Crippen molar-refractivity contribution in [2.75, 3.05) is 31.2 Å². The predicted octanol–water partition coefficient (Wildman–Crippen LogP) is 2.65. The Morgan fingerprint density at radius 3 is 2.54 bits per heavy atom. The Labute approximate surface area is 153 Å². The first kappa shape index (κ1) is 17.0. The zero-order valence-corrected chi connectivity index (χ0v) is 14.9. The number of hydrogen-bond acceptors (Lipinski definition) is 5. The van der Waals surface area contributed by atoms with Crippen LogP contribution < -0.4 is 10.2 Å². The number of hydrogen-bond donors (Lipinski definition) is 1. The van der Waals surface area contributed by atoms with Gasteiger partial charge in [0.15, 0.2) is 0 Å². The number of anilines is 1. The number of aromatic nitrogens is 2. The fourth-order valence-corrected chi connectivity index (χ4v) is 3.60. The molecule has 0 atom stereocenters. The molecule has 136 valence electrons. The molecule has 4 rings (SSSR count). The first-order valence-electron chi connectivity index (χ1n) is 9.36. The number of amides is 1. The number of ether oxygens (including phenoxy) is 1. The topological polar surface area (TPSA) is 67.4 Å². The lowest BCUT2D eigenvalue weighted by Crippen LogP contribution is -2.36. The monoisotopic (exact) mass is 352 g/mol. The lowest BCUT2D eigenvalue weighted by Gasteiger charge is -2.27. The number of nitrogens with one attached hydrogen (secondary N) is 1. The van der Waals surface area contributed by atoms with Crippen molar-refractivity contribution in [3.8, 4) is 11.3 Å². The normalized spacial score (nSPS) is 18.1. The van der Waals surface area contributed by atoms with Crippen molar-refractivity contribution < 1.29 is 9.53 Å². The zero-order chi connectivity index (χ0) is 17.8. The highest BCUT2D eigenvalue weighted by atomic mass is 16.5. The summed E-state index contributed by atoms with van der Waals surface area (Å²) in [5.74, 6) is 0.932. The molecule has 2 heterocycles. The van der Waals surface area contributed by atoms with E-state index in [0.29, 0.717) is 11.6 Å². The standard InChI is InChI=1S/C20H24N4O2/c25-20(23-17-3-1-2-4-17)16-7-5-15(6-8-16)18-13-19(22-14-21-18)24-9-11-26-12-10-24/h5-8,13-14,17H,1-4,9-12H2,(H,23,25). The molecule has 1 aromatic heterocycles. The molecule has 1 aliphatic carbocycles. The second kappa shape index (κ2) is 7.83. The van der Waals surface area contributed by atoms with E-state index in [9.17, 15) is 4.79 Å². The van der Waals surface area contributed by atoms with Crippen LogP contribution in [0.25, 0.3) is 11.3 Å². The third-order valence-corrected chi connectivity index (χ3v) is 5.12. The van der Waals surface area contributed by atoms with Crippen molar-refractivity contribution in [1.29, 1.82) is 0 Å². The van der Waals surface area contributed by atoms with E-state index < -0.39 is 0 Å². The SMILES string of the molecule is O=C(NC1CCCC1)c1ccc(-c2cc(N3CCOCC3)ncn2)cc1. The summed E-state index contributed by atoms with van der Waals surface area (Å²) < 4.78 is 5.40. The Hall–Kier alpha value is -2.47. The molecule has 0 bridgehead atoms. The molecule has 1 N–H and O–H groups in total. The summed E-state index contributed by atoms with van der Waals surface area (Å²) >= 11 is 0. The molecule has 1 saturated carbocycles. The first-order valence-corrected chi connectivity index (χ1v) is 9.36. The van der Waals surface area contributed by atoms with Crippen molar-refractivity contribution >= 4 is 11.7 Å². The van der Waals surface area contributed by atoms with E-state index in [-0.39, 0.29) is 5.91 Å². The van der Waals surface area contributed by atoms with Crippen molar-refractivity contribution in [2.24, 2.45) is 0 Å². The van der Waals surface area contributed by atoms with Crippen LogP contribution in [0.2, 0.25) is 0 Å². The highest BCUT2D eigenvalue weighted by Gasteiger charge is 2.18. The summed E-state index contributed by atoms with van der Waals surface area (Å²) in [7, 11) is 0. The molecule has 1 aliphatic heterocycles. The van der Waals surface area contributed by atoms with Crippen molar-refractivity contribution in [3.63, 3.8) is 0 Å². The van der Waals surface area contributed by atoms with E-state index in [0.717, 1.165) is 56.2 Å². The molecule has 1 saturated heterocycles. The summed E-state index contributed by atoms with van der Waals surface area (Å²) in [5.41, 5.74) is 2.55. The molecule has 2 aromatic rings. The molecular weight excluding hydrogens is 328 g/mol. The number of benzene rings is 1. The van der Waals surface area contributed by atoms with E-state index in [1.54, 1.807) is 6.33 Å². The van der Waals surface area contributed by atoms with Gasteiger partial charge in [0.05, 0.1) is 18.9 Å². The van der Waals surface area contributed by atoms with Crippen molar-refractivity contribution in [2.45, 2.75) is 31.7 Å². The Morgan fingerprint density at radius 2 is 1.81 bits per heavy atom. The minimum atomic E-state index is 0.0140. The van der Waals surface area contributed by atoms with Crippen LogP contribution in [0.5, 0.6) is 0 Å². The maximum atomic E-state index is 12.4. The van der Waals surface area contributed by atoms with Crippen molar-refractivity contribution in [3.05, 3.63) is 42.2 Å². The molecule has 0 spiro atoms. The lowest BCUT2D eigenvalue weighted by atomic mass is 10.1. The van der Waals surface area contributed by atoms with E-state index in [2.05, 4.69) is 20.2 Å². The van der Waals surface area contributed by atoms with E-state index in [4.69, 9.17) is 4.74 Å². The Balaban J connectivity index is 1.47. The van der Waals surface area contributed by atoms with Gasteiger partial charge in [-0.15, -0.1) is 0 Å². The largest absolute Gasteiger partial charge is 0.378 e. The van der Waals surface area contributed by atoms with E-state index >= 15 is 0 Å². The molecule has 6 heteroatoms. The Morgan fingerprint density at radius 1 is 1.08 bits per heavy atom. The Bertz CT molecular complexity index is 751. The quantitative estimate of drug-likeness (QED) is 0.916. The van der Waals surface area contributed by atoms with Crippen LogP contribution in [0.3, 0.4) is 0 Å². The van der Waals surface area contributed by atoms with Gasteiger partial charge >= 0.3 is 0 Å². The summed E-state index contributed by atoms with van der Waals surface area (Å²) in [6.45, 7) is 3.14. The molecule has 1 amide bonds. The van der Waals surface area contributed by atoms with Gasteiger partial charge in [0, 0.05) is 36.3 Å². The maximum absolute atomic E-state index is 12.4. The lowest BCUT2D eigenvalue weighted by molar-refractivity contribution is 0.0938. The van der Waals surface area contributed by atoms with Gasteiger partial charge in [-0.2, -0.15) is 0 Å². The average molecular weight is 352 g/mol. The van der Waals surface area contributed by atoms with Crippen LogP contribution in [-0.2, 0) is 4.74 Å². The van der Waals surface area contributed by atoms with Crippen LogP contribution in [0, 0.1) is 0 Å². The minimum absolute atomic E-state index is 0.0140. The Kier molecular flexibility index (Phi) is 5.11. The maximum Gasteiger partial charge on any atom is 0.251 e. The molecule has 2 aliphatic rings. The molecule has 0 radical (unpaired) electrons. The summed E-state index contributed by atoms with van der Waals surface area (Å²) in [6, 6.07) is 9.98. The van der Waals surface area contributed by atoms with Gasteiger partial charge in [-0.25, -0.2) is 9.97 Å².